The van der Waals surface area contributed by atoms with Gasteiger partial charge in [0.15, 0.2) is 0 Å². The van der Waals surface area contributed by atoms with Gasteiger partial charge in [-0.3, -0.25) is 9.78 Å². The van der Waals surface area contributed by atoms with Crippen LogP contribution in [0.3, 0.4) is 0 Å². The summed E-state index contributed by atoms with van der Waals surface area (Å²) in [4.78, 5) is 14.3. The Kier molecular flexibility index (Phi) is 4.14. The first-order valence-electron chi connectivity index (χ1n) is 4.08. The van der Waals surface area contributed by atoms with Crippen LogP contribution in [0.15, 0.2) is 12.3 Å². The summed E-state index contributed by atoms with van der Waals surface area (Å²) in [5.41, 5.74) is 0.269. The number of carboxylic acid groups (broad SMARTS) is 1. The number of pyridine rings is 1. The molecule has 15 heavy (non-hydrogen) atoms. The van der Waals surface area contributed by atoms with Gasteiger partial charge in [-0.05, 0) is 11.6 Å². The number of rotatable bonds is 4. The molecule has 0 radical (unpaired) electrons. The fourth-order valence-electron chi connectivity index (χ4n) is 1.21. The maximum atomic E-state index is 12.5. The zero-order valence-corrected chi connectivity index (χ0v) is 9.17. The largest absolute Gasteiger partial charge is 0.481 e. The predicted molar refractivity (Wildman–Crippen MR) is 53.2 cm³/mol. The van der Waals surface area contributed by atoms with Crippen molar-refractivity contribution in [2.75, 3.05) is 0 Å². The smallest absolute Gasteiger partial charge is 0.309 e. The summed E-state index contributed by atoms with van der Waals surface area (Å²) in [6, 6.07) is 1.20. The van der Waals surface area contributed by atoms with Crippen LogP contribution in [0.25, 0.3) is 0 Å². The number of hydrogen-bond acceptors (Lipinski definition) is 2. The fourth-order valence-corrected chi connectivity index (χ4v) is 1.85. The topological polar surface area (TPSA) is 50.2 Å². The number of carbonyl (C=O) groups is 1. The van der Waals surface area contributed by atoms with Crippen molar-refractivity contribution in [3.05, 3.63) is 29.1 Å². The van der Waals surface area contributed by atoms with Gasteiger partial charge in [0.25, 0.3) is 6.43 Å². The summed E-state index contributed by atoms with van der Waals surface area (Å²) >= 11 is 3.05. The summed E-state index contributed by atoms with van der Waals surface area (Å²) < 4.78 is 25.1. The second kappa shape index (κ2) is 5.16. The van der Waals surface area contributed by atoms with Gasteiger partial charge in [0.1, 0.15) is 0 Å². The molecule has 3 nitrogen and oxygen atoms in total. The highest BCUT2D eigenvalue weighted by Gasteiger charge is 2.17. The second-order valence-corrected chi connectivity index (χ2v) is 3.39. The van der Waals surface area contributed by atoms with Crippen molar-refractivity contribution in [2.24, 2.45) is 0 Å². The third-order valence-electron chi connectivity index (χ3n) is 1.87. The zero-order valence-electron chi connectivity index (χ0n) is 7.58. The molecule has 0 bridgehead atoms. The molecule has 0 aliphatic carbocycles. The number of aromatic nitrogens is 1. The monoisotopic (exact) mass is 279 g/mol. The summed E-state index contributed by atoms with van der Waals surface area (Å²) in [6.07, 6.45) is -1.76. The summed E-state index contributed by atoms with van der Waals surface area (Å²) in [5.74, 6) is -1.09. The minimum Gasteiger partial charge on any atom is -0.481 e. The van der Waals surface area contributed by atoms with Crippen LogP contribution in [0.5, 0.6) is 0 Å². The molecule has 0 saturated carbocycles. The van der Waals surface area contributed by atoms with Gasteiger partial charge < -0.3 is 5.11 Å². The van der Waals surface area contributed by atoms with E-state index in [1.165, 1.54) is 12.3 Å². The number of hydrogen-bond donors (Lipinski definition) is 1. The molecule has 0 amide bonds. The summed E-state index contributed by atoms with van der Waals surface area (Å²) in [6.45, 7) is 0. The Morgan fingerprint density at radius 1 is 1.60 bits per heavy atom. The average molecular weight is 280 g/mol. The number of carboxylic acids is 1. The molecule has 82 valence electrons. The summed E-state index contributed by atoms with van der Waals surface area (Å²) in [5, 5.41) is 8.74. The van der Waals surface area contributed by atoms with Crippen LogP contribution in [-0.4, -0.2) is 16.1 Å². The molecule has 0 aliphatic rings. The molecule has 0 fully saturated rings. The Morgan fingerprint density at radius 2 is 2.27 bits per heavy atom. The van der Waals surface area contributed by atoms with Crippen molar-refractivity contribution < 1.29 is 18.7 Å². The number of nitrogens with zero attached hydrogens (tertiary/aromatic N) is 1. The third-order valence-corrected chi connectivity index (χ3v) is 2.43. The lowest BCUT2D eigenvalue weighted by molar-refractivity contribution is -0.136. The van der Waals surface area contributed by atoms with Crippen LogP contribution in [0.2, 0.25) is 0 Å². The van der Waals surface area contributed by atoms with Crippen molar-refractivity contribution in [1.29, 1.82) is 0 Å². The number of aliphatic carboxylic acids is 1. The molecule has 1 aromatic rings. The van der Waals surface area contributed by atoms with Crippen LogP contribution in [0.4, 0.5) is 8.78 Å². The van der Waals surface area contributed by atoms with E-state index < -0.39 is 12.4 Å². The molecule has 0 aromatic carbocycles. The first-order chi connectivity index (χ1) is 7.06. The standard InChI is InChI=1S/C9H8BrF2NO2/c10-4-6-5(9(11)12)1-2-13-7(6)3-8(14)15/h1-2,9H,3-4H2,(H,14,15). The Labute approximate surface area is 93.3 Å². The van der Waals surface area contributed by atoms with E-state index in [9.17, 15) is 13.6 Å². The van der Waals surface area contributed by atoms with Crippen molar-refractivity contribution in [1.82, 2.24) is 4.98 Å². The molecule has 1 N–H and O–H groups in total. The normalized spacial score (nSPS) is 10.7. The highest BCUT2D eigenvalue weighted by atomic mass is 79.9. The first-order valence-corrected chi connectivity index (χ1v) is 5.21. The van der Waals surface area contributed by atoms with E-state index >= 15 is 0 Å². The molecular formula is C9H8BrF2NO2. The minimum absolute atomic E-state index is 0.168. The highest BCUT2D eigenvalue weighted by Crippen LogP contribution is 2.26. The third kappa shape index (κ3) is 2.95. The molecule has 1 rings (SSSR count). The van der Waals surface area contributed by atoms with Crippen molar-refractivity contribution >= 4 is 21.9 Å². The second-order valence-electron chi connectivity index (χ2n) is 2.83. The van der Waals surface area contributed by atoms with Gasteiger partial charge in [0.05, 0.1) is 12.1 Å². The number of halogens is 3. The lowest BCUT2D eigenvalue weighted by atomic mass is 10.1. The molecule has 0 unspecified atom stereocenters. The first kappa shape index (κ1) is 12.0. The van der Waals surface area contributed by atoms with Gasteiger partial charge in [-0.2, -0.15) is 0 Å². The van der Waals surface area contributed by atoms with Gasteiger partial charge in [0.2, 0.25) is 0 Å². The van der Waals surface area contributed by atoms with Gasteiger partial charge in [-0.1, -0.05) is 15.9 Å². The van der Waals surface area contributed by atoms with Gasteiger partial charge in [0, 0.05) is 17.1 Å². The molecule has 1 heterocycles. The Balaban J connectivity index is 3.15. The Hall–Kier alpha value is -1.04. The molecule has 0 aliphatic heterocycles. The SMILES string of the molecule is O=C(O)Cc1nccc(C(F)F)c1CBr. The Bertz CT molecular complexity index is 371. The fraction of sp³-hybridized carbons (Fsp3) is 0.333. The van der Waals surface area contributed by atoms with Gasteiger partial charge >= 0.3 is 5.97 Å². The van der Waals surface area contributed by atoms with E-state index in [1.807, 2.05) is 0 Å². The minimum atomic E-state index is -2.62. The summed E-state index contributed by atoms with van der Waals surface area (Å²) in [7, 11) is 0. The number of alkyl halides is 3. The van der Waals surface area contributed by atoms with Crippen molar-refractivity contribution in [2.45, 2.75) is 18.2 Å². The van der Waals surface area contributed by atoms with Crippen LogP contribution < -0.4 is 0 Å². The maximum Gasteiger partial charge on any atom is 0.309 e. The lowest BCUT2D eigenvalue weighted by Crippen LogP contribution is -2.07. The average Bonchev–Trinajstić information content (AvgIpc) is 2.16. The molecule has 0 spiro atoms. The molecule has 6 heteroatoms. The lowest BCUT2D eigenvalue weighted by Gasteiger charge is -2.09. The Morgan fingerprint density at radius 3 is 2.73 bits per heavy atom. The molecular weight excluding hydrogens is 272 g/mol. The molecule has 1 aromatic heterocycles. The molecule has 0 atom stereocenters. The van der Waals surface area contributed by atoms with E-state index in [0.29, 0.717) is 0 Å². The van der Waals surface area contributed by atoms with Gasteiger partial charge in [-0.25, -0.2) is 8.78 Å². The van der Waals surface area contributed by atoms with E-state index in [0.717, 1.165) is 0 Å². The van der Waals surface area contributed by atoms with Crippen LogP contribution in [-0.2, 0) is 16.5 Å². The van der Waals surface area contributed by atoms with Gasteiger partial charge in [-0.15, -0.1) is 0 Å². The van der Waals surface area contributed by atoms with Crippen molar-refractivity contribution in [3.8, 4) is 0 Å². The maximum absolute atomic E-state index is 12.5. The van der Waals surface area contributed by atoms with Crippen LogP contribution >= 0.6 is 15.9 Å². The van der Waals surface area contributed by atoms with E-state index in [1.54, 1.807) is 0 Å². The highest BCUT2D eigenvalue weighted by molar-refractivity contribution is 9.08. The molecule has 0 saturated heterocycles. The zero-order chi connectivity index (χ0) is 11.4. The van der Waals surface area contributed by atoms with E-state index in [4.69, 9.17) is 5.11 Å². The van der Waals surface area contributed by atoms with Crippen molar-refractivity contribution in [3.63, 3.8) is 0 Å². The van der Waals surface area contributed by atoms with Crippen LogP contribution in [0.1, 0.15) is 23.2 Å². The van der Waals surface area contributed by atoms with E-state index in [-0.39, 0.29) is 28.6 Å². The van der Waals surface area contributed by atoms with Crippen LogP contribution in [0, 0.1) is 0 Å². The quantitative estimate of drug-likeness (QED) is 0.862. The predicted octanol–water partition coefficient (Wildman–Crippen LogP) is 2.54. The van der Waals surface area contributed by atoms with E-state index in [2.05, 4.69) is 20.9 Å².